The lowest BCUT2D eigenvalue weighted by molar-refractivity contribution is -0.127. The van der Waals surface area contributed by atoms with Crippen LogP contribution in [0.25, 0.3) is 0 Å². The standard InChI is InChI=1S/C18H22N2O4/c21-15(9-14(11-1-2-11)12-3-4-12)20-7-5-13(6-8-20)17-16(18(22)23)19-10-24-17/h9-13H,1-8H2,(H,22,23). The molecule has 1 saturated heterocycles. The molecule has 1 aliphatic heterocycles. The Kier molecular flexibility index (Phi) is 3.90. The highest BCUT2D eigenvalue weighted by Crippen LogP contribution is 2.48. The summed E-state index contributed by atoms with van der Waals surface area (Å²) >= 11 is 0. The SMILES string of the molecule is O=C(O)c1ncoc1C1CCN(C(=O)C=C(C2CC2)C2CC2)CC1. The van der Waals surface area contributed by atoms with Crippen LogP contribution in [0.3, 0.4) is 0 Å². The molecule has 6 nitrogen and oxygen atoms in total. The van der Waals surface area contributed by atoms with E-state index < -0.39 is 5.97 Å². The monoisotopic (exact) mass is 330 g/mol. The molecule has 2 aliphatic carbocycles. The minimum atomic E-state index is -1.06. The Morgan fingerprint density at radius 1 is 1.12 bits per heavy atom. The maximum absolute atomic E-state index is 12.6. The number of aromatic nitrogens is 1. The number of oxazole rings is 1. The fraction of sp³-hybridized carbons (Fsp3) is 0.611. The molecule has 24 heavy (non-hydrogen) atoms. The first kappa shape index (κ1) is 15.4. The van der Waals surface area contributed by atoms with Crippen LogP contribution < -0.4 is 0 Å². The predicted octanol–water partition coefficient (Wildman–Crippen LogP) is 2.83. The molecule has 1 aromatic heterocycles. The number of hydrogen-bond donors (Lipinski definition) is 1. The van der Waals surface area contributed by atoms with Crippen LogP contribution in [0.4, 0.5) is 0 Å². The van der Waals surface area contributed by atoms with Crippen molar-refractivity contribution >= 4 is 11.9 Å². The Morgan fingerprint density at radius 3 is 2.29 bits per heavy atom. The second kappa shape index (κ2) is 6.07. The van der Waals surface area contributed by atoms with Crippen molar-refractivity contribution in [3.05, 3.63) is 29.5 Å². The van der Waals surface area contributed by atoms with Crippen molar-refractivity contribution < 1.29 is 19.1 Å². The van der Waals surface area contributed by atoms with Crippen LogP contribution in [0, 0.1) is 11.8 Å². The van der Waals surface area contributed by atoms with Gasteiger partial charge in [0.05, 0.1) is 0 Å². The number of aromatic carboxylic acids is 1. The van der Waals surface area contributed by atoms with Gasteiger partial charge in [-0.25, -0.2) is 9.78 Å². The van der Waals surface area contributed by atoms with Crippen molar-refractivity contribution in [2.75, 3.05) is 13.1 Å². The first-order valence-corrected chi connectivity index (χ1v) is 8.80. The van der Waals surface area contributed by atoms with Gasteiger partial charge in [0.2, 0.25) is 5.91 Å². The number of carboxylic acid groups (broad SMARTS) is 1. The highest BCUT2D eigenvalue weighted by atomic mass is 16.4. The van der Waals surface area contributed by atoms with E-state index in [-0.39, 0.29) is 17.5 Å². The smallest absolute Gasteiger partial charge is 0.358 e. The van der Waals surface area contributed by atoms with Crippen molar-refractivity contribution in [2.24, 2.45) is 11.8 Å². The Morgan fingerprint density at radius 2 is 1.75 bits per heavy atom. The topological polar surface area (TPSA) is 83.6 Å². The quantitative estimate of drug-likeness (QED) is 0.839. The molecule has 6 heteroatoms. The summed E-state index contributed by atoms with van der Waals surface area (Å²) in [5, 5.41) is 9.15. The maximum atomic E-state index is 12.6. The van der Waals surface area contributed by atoms with E-state index >= 15 is 0 Å². The van der Waals surface area contributed by atoms with Gasteiger partial charge in [-0.05, 0) is 50.4 Å². The van der Waals surface area contributed by atoms with Crippen molar-refractivity contribution in [3.8, 4) is 0 Å². The number of carbonyl (C=O) groups excluding carboxylic acids is 1. The molecule has 0 aromatic carbocycles. The van der Waals surface area contributed by atoms with E-state index in [0.717, 1.165) is 12.8 Å². The first-order chi connectivity index (χ1) is 11.6. The molecule has 2 heterocycles. The van der Waals surface area contributed by atoms with Gasteiger partial charge in [-0.3, -0.25) is 4.79 Å². The summed E-state index contributed by atoms with van der Waals surface area (Å²) in [5.74, 6) is 0.856. The molecule has 2 saturated carbocycles. The largest absolute Gasteiger partial charge is 0.476 e. The Balaban J connectivity index is 1.39. The third kappa shape index (κ3) is 3.09. The highest BCUT2D eigenvalue weighted by Gasteiger charge is 2.37. The Hall–Kier alpha value is -2.11. The number of likely N-dealkylation sites (tertiary alicyclic amines) is 1. The Bertz CT molecular complexity index is 663. The molecule has 1 N–H and O–H groups in total. The van der Waals surface area contributed by atoms with Crippen LogP contribution in [-0.2, 0) is 4.79 Å². The van der Waals surface area contributed by atoms with Gasteiger partial charge in [-0.1, -0.05) is 5.57 Å². The summed E-state index contributed by atoms with van der Waals surface area (Å²) < 4.78 is 5.30. The average molecular weight is 330 g/mol. The molecule has 1 aromatic rings. The first-order valence-electron chi connectivity index (χ1n) is 8.80. The fourth-order valence-corrected chi connectivity index (χ4v) is 3.70. The summed E-state index contributed by atoms with van der Waals surface area (Å²) in [5.41, 5.74) is 1.38. The summed E-state index contributed by atoms with van der Waals surface area (Å²) in [7, 11) is 0. The molecular formula is C18H22N2O4. The lowest BCUT2D eigenvalue weighted by Gasteiger charge is -2.30. The normalized spacial score (nSPS) is 21.6. The fourth-order valence-electron chi connectivity index (χ4n) is 3.70. The lowest BCUT2D eigenvalue weighted by atomic mass is 9.93. The van der Waals surface area contributed by atoms with Gasteiger partial charge in [0, 0.05) is 25.1 Å². The van der Waals surface area contributed by atoms with Gasteiger partial charge in [0.15, 0.2) is 12.1 Å². The number of rotatable bonds is 5. The zero-order valence-electron chi connectivity index (χ0n) is 13.6. The molecule has 0 spiro atoms. The van der Waals surface area contributed by atoms with Crippen molar-refractivity contribution in [3.63, 3.8) is 0 Å². The molecule has 0 radical (unpaired) electrons. The molecule has 4 rings (SSSR count). The zero-order chi connectivity index (χ0) is 16.7. The number of nitrogens with zero attached hydrogens (tertiary/aromatic N) is 2. The second-order valence-electron chi connectivity index (χ2n) is 7.16. The molecule has 0 bridgehead atoms. The molecule has 3 fully saturated rings. The lowest BCUT2D eigenvalue weighted by Crippen LogP contribution is -2.37. The van der Waals surface area contributed by atoms with E-state index in [0.29, 0.717) is 30.7 Å². The van der Waals surface area contributed by atoms with Crippen LogP contribution in [0.15, 0.2) is 22.5 Å². The Labute approximate surface area is 140 Å². The van der Waals surface area contributed by atoms with Crippen LogP contribution in [0.5, 0.6) is 0 Å². The second-order valence-corrected chi connectivity index (χ2v) is 7.16. The molecule has 3 aliphatic rings. The van der Waals surface area contributed by atoms with Gasteiger partial charge in [0.1, 0.15) is 5.76 Å². The minimum absolute atomic E-state index is 0.00410. The average Bonchev–Trinajstić information content (AvgIpc) is 3.51. The van der Waals surface area contributed by atoms with Gasteiger partial charge >= 0.3 is 5.97 Å². The molecule has 128 valence electrons. The third-order valence-electron chi connectivity index (χ3n) is 5.36. The number of piperidine rings is 1. The molecule has 0 unspecified atom stereocenters. The van der Waals surface area contributed by atoms with Crippen LogP contribution >= 0.6 is 0 Å². The van der Waals surface area contributed by atoms with Crippen molar-refractivity contribution in [1.82, 2.24) is 9.88 Å². The van der Waals surface area contributed by atoms with Gasteiger partial charge < -0.3 is 14.4 Å². The van der Waals surface area contributed by atoms with Crippen LogP contribution in [-0.4, -0.2) is 40.0 Å². The van der Waals surface area contributed by atoms with Crippen LogP contribution in [0.1, 0.15) is 60.7 Å². The zero-order valence-corrected chi connectivity index (χ0v) is 13.6. The molecule has 1 amide bonds. The van der Waals surface area contributed by atoms with Gasteiger partial charge in [-0.15, -0.1) is 0 Å². The van der Waals surface area contributed by atoms with Gasteiger partial charge in [-0.2, -0.15) is 0 Å². The van der Waals surface area contributed by atoms with E-state index in [4.69, 9.17) is 9.52 Å². The van der Waals surface area contributed by atoms with Crippen molar-refractivity contribution in [1.29, 1.82) is 0 Å². The number of hydrogen-bond acceptors (Lipinski definition) is 4. The number of carboxylic acids is 1. The summed E-state index contributed by atoms with van der Waals surface area (Å²) in [6.07, 6.45) is 9.47. The third-order valence-corrected chi connectivity index (χ3v) is 5.36. The number of amides is 1. The number of carbonyl (C=O) groups is 2. The van der Waals surface area contributed by atoms with E-state index in [1.54, 1.807) is 0 Å². The van der Waals surface area contributed by atoms with E-state index in [9.17, 15) is 9.59 Å². The summed E-state index contributed by atoms with van der Waals surface area (Å²) in [6.45, 7) is 1.28. The number of allylic oxidation sites excluding steroid dienone is 1. The van der Waals surface area contributed by atoms with E-state index in [2.05, 4.69) is 4.98 Å². The molecular weight excluding hydrogens is 308 g/mol. The summed E-state index contributed by atoms with van der Waals surface area (Å²) in [4.78, 5) is 29.4. The van der Waals surface area contributed by atoms with E-state index in [1.165, 1.54) is 37.7 Å². The van der Waals surface area contributed by atoms with Gasteiger partial charge in [0.25, 0.3) is 0 Å². The minimum Gasteiger partial charge on any atom is -0.476 e. The maximum Gasteiger partial charge on any atom is 0.358 e. The highest BCUT2D eigenvalue weighted by molar-refractivity contribution is 5.89. The summed E-state index contributed by atoms with van der Waals surface area (Å²) in [6, 6.07) is 0. The van der Waals surface area contributed by atoms with Crippen LogP contribution in [0.2, 0.25) is 0 Å². The predicted molar refractivity (Wildman–Crippen MR) is 85.5 cm³/mol. The van der Waals surface area contributed by atoms with Crippen molar-refractivity contribution in [2.45, 2.75) is 44.4 Å². The molecule has 0 atom stereocenters. The van der Waals surface area contributed by atoms with E-state index in [1.807, 2.05) is 11.0 Å².